The van der Waals surface area contributed by atoms with Gasteiger partial charge in [-0.15, -0.1) is 0 Å². The van der Waals surface area contributed by atoms with E-state index in [4.69, 9.17) is 9.99 Å². The monoisotopic (exact) mass is 230 g/mol. The number of hydrogen-bond donors (Lipinski definition) is 1. The highest BCUT2D eigenvalue weighted by atomic mass is 17.1. The van der Waals surface area contributed by atoms with Gasteiger partial charge in [-0.2, -0.15) is 0 Å². The minimum Gasteiger partial charge on any atom is -0.347 e. The van der Waals surface area contributed by atoms with Gasteiger partial charge in [0.05, 0.1) is 6.61 Å². The number of unbranched alkanes of at least 4 members (excludes halogenated alkanes) is 1. The first-order chi connectivity index (χ1) is 7.68. The van der Waals surface area contributed by atoms with Crippen molar-refractivity contribution in [3.05, 3.63) is 0 Å². The molecule has 1 fully saturated rings. The zero-order valence-corrected chi connectivity index (χ0v) is 10.0. The fourth-order valence-corrected chi connectivity index (χ4v) is 2.09. The molecule has 94 valence electrons. The van der Waals surface area contributed by atoms with E-state index in [1.807, 2.05) is 0 Å². The highest BCUT2D eigenvalue weighted by molar-refractivity contribution is 5.75. The summed E-state index contributed by atoms with van der Waals surface area (Å²) >= 11 is 0. The third-order valence-electron chi connectivity index (χ3n) is 3.07. The lowest BCUT2D eigenvalue weighted by molar-refractivity contribution is -0.411. The Morgan fingerprint density at radius 1 is 1.25 bits per heavy atom. The molecular weight excluding hydrogens is 208 g/mol. The normalized spacial score (nSPS) is 19.6. The molecule has 0 aliphatic heterocycles. The van der Waals surface area contributed by atoms with Gasteiger partial charge in [0.1, 0.15) is 5.78 Å². The second-order valence-electron chi connectivity index (χ2n) is 4.57. The van der Waals surface area contributed by atoms with Gasteiger partial charge in [0, 0.05) is 19.3 Å². The number of carbonyl (C=O) groups excluding carboxylic acids is 1. The van der Waals surface area contributed by atoms with Crippen LogP contribution in [0, 0.1) is 0 Å². The lowest BCUT2D eigenvalue weighted by atomic mass is 9.94. The van der Waals surface area contributed by atoms with E-state index in [0.29, 0.717) is 13.0 Å². The fraction of sp³-hybridized carbons (Fsp3) is 0.917. The molecule has 0 unspecified atom stereocenters. The van der Waals surface area contributed by atoms with Crippen LogP contribution in [0.2, 0.25) is 0 Å². The van der Waals surface area contributed by atoms with Gasteiger partial charge >= 0.3 is 0 Å². The molecule has 1 aliphatic rings. The molecule has 4 nitrogen and oxygen atoms in total. The maximum absolute atomic E-state index is 10.7. The Labute approximate surface area is 96.9 Å². The molecule has 0 bridgehead atoms. The Morgan fingerprint density at radius 3 is 2.50 bits per heavy atom. The number of carbonyl (C=O) groups is 1. The van der Waals surface area contributed by atoms with Crippen LogP contribution in [-0.2, 0) is 14.4 Å². The minimum atomic E-state index is -0.769. The summed E-state index contributed by atoms with van der Waals surface area (Å²) in [6, 6.07) is 0. The predicted octanol–water partition coefficient (Wildman–Crippen LogP) is 2.91. The molecule has 1 rings (SSSR count). The Balaban J connectivity index is 2.15. The van der Waals surface area contributed by atoms with Gasteiger partial charge < -0.3 is 9.53 Å². The molecule has 0 atom stereocenters. The zero-order chi connectivity index (χ0) is 11.9. The molecule has 0 spiro atoms. The second kappa shape index (κ2) is 6.99. The molecule has 1 N–H and O–H groups in total. The molecule has 0 aromatic heterocycles. The number of ether oxygens (including phenoxy) is 1. The smallest absolute Gasteiger partial charge is 0.201 e. The summed E-state index contributed by atoms with van der Waals surface area (Å²) in [5.41, 5.74) is 0. The third-order valence-corrected chi connectivity index (χ3v) is 3.07. The van der Waals surface area contributed by atoms with Gasteiger partial charge in [-0.1, -0.05) is 6.42 Å². The molecule has 0 heterocycles. The quantitative estimate of drug-likeness (QED) is 0.316. The van der Waals surface area contributed by atoms with Crippen molar-refractivity contribution >= 4 is 5.78 Å². The maximum Gasteiger partial charge on any atom is 0.201 e. The van der Waals surface area contributed by atoms with Crippen LogP contribution in [-0.4, -0.2) is 23.4 Å². The van der Waals surface area contributed by atoms with Crippen LogP contribution in [0.4, 0.5) is 0 Å². The van der Waals surface area contributed by atoms with Crippen LogP contribution in [0.1, 0.15) is 58.3 Å². The van der Waals surface area contributed by atoms with E-state index in [9.17, 15) is 4.79 Å². The average molecular weight is 230 g/mol. The zero-order valence-electron chi connectivity index (χ0n) is 10.0. The number of Topliss-reactive ketones (excluding diaryl/α,β-unsaturated/α-hetero) is 1. The van der Waals surface area contributed by atoms with E-state index in [1.54, 1.807) is 6.92 Å². The van der Waals surface area contributed by atoms with E-state index in [0.717, 1.165) is 38.5 Å². The number of rotatable bonds is 7. The van der Waals surface area contributed by atoms with Gasteiger partial charge in [-0.05, 0) is 32.6 Å². The summed E-state index contributed by atoms with van der Waals surface area (Å²) in [6.45, 7) is 2.15. The van der Waals surface area contributed by atoms with Crippen LogP contribution >= 0.6 is 0 Å². The highest BCUT2D eigenvalue weighted by Crippen LogP contribution is 2.32. The van der Waals surface area contributed by atoms with Crippen molar-refractivity contribution in [2.75, 3.05) is 6.61 Å². The van der Waals surface area contributed by atoms with E-state index in [2.05, 4.69) is 4.89 Å². The molecule has 16 heavy (non-hydrogen) atoms. The Bertz CT molecular complexity index is 209. The molecule has 1 aliphatic carbocycles. The number of hydrogen-bond acceptors (Lipinski definition) is 4. The first kappa shape index (κ1) is 13.6. The summed E-state index contributed by atoms with van der Waals surface area (Å²) in [5, 5.41) is 8.91. The standard InChI is InChI=1S/C12H22O4/c1-11(13)7-3-6-10-15-12(16-14)8-4-2-5-9-12/h14H,2-10H2,1H3. The van der Waals surface area contributed by atoms with Gasteiger partial charge in [0.25, 0.3) is 0 Å². The minimum absolute atomic E-state index is 0.214. The van der Waals surface area contributed by atoms with Gasteiger partial charge in [-0.25, -0.2) is 10.1 Å². The SMILES string of the molecule is CC(=O)CCCCOC1(OO)CCCCC1. The third kappa shape index (κ3) is 4.60. The van der Waals surface area contributed by atoms with Crippen LogP contribution in [0.25, 0.3) is 0 Å². The van der Waals surface area contributed by atoms with Crippen molar-refractivity contribution in [2.24, 2.45) is 0 Å². The Hall–Kier alpha value is -0.450. The van der Waals surface area contributed by atoms with Gasteiger partial charge in [0.2, 0.25) is 5.79 Å². The largest absolute Gasteiger partial charge is 0.347 e. The van der Waals surface area contributed by atoms with Gasteiger partial charge in [0.15, 0.2) is 0 Å². The van der Waals surface area contributed by atoms with Crippen molar-refractivity contribution in [3.8, 4) is 0 Å². The van der Waals surface area contributed by atoms with Crippen molar-refractivity contribution in [1.29, 1.82) is 0 Å². The van der Waals surface area contributed by atoms with E-state index >= 15 is 0 Å². The molecule has 0 radical (unpaired) electrons. The molecule has 0 saturated heterocycles. The van der Waals surface area contributed by atoms with Gasteiger partial charge in [-0.3, -0.25) is 0 Å². The van der Waals surface area contributed by atoms with E-state index in [1.165, 1.54) is 6.42 Å². The number of ketones is 1. The summed E-state index contributed by atoms with van der Waals surface area (Å²) in [6.07, 6.45) is 7.06. The summed E-state index contributed by atoms with van der Waals surface area (Å²) in [5.74, 6) is -0.556. The van der Waals surface area contributed by atoms with Crippen LogP contribution in [0.15, 0.2) is 0 Å². The van der Waals surface area contributed by atoms with E-state index < -0.39 is 5.79 Å². The first-order valence-corrected chi connectivity index (χ1v) is 6.14. The fourth-order valence-electron chi connectivity index (χ4n) is 2.09. The lowest BCUT2D eigenvalue weighted by Gasteiger charge is -2.33. The topological polar surface area (TPSA) is 55.8 Å². The maximum atomic E-state index is 10.7. The molecule has 4 heteroatoms. The van der Waals surface area contributed by atoms with Crippen molar-refractivity contribution in [1.82, 2.24) is 0 Å². The lowest BCUT2D eigenvalue weighted by Crippen LogP contribution is -2.37. The first-order valence-electron chi connectivity index (χ1n) is 6.14. The Kier molecular flexibility index (Phi) is 5.95. The van der Waals surface area contributed by atoms with Crippen molar-refractivity contribution in [3.63, 3.8) is 0 Å². The molecule has 0 aromatic carbocycles. The van der Waals surface area contributed by atoms with Crippen molar-refractivity contribution in [2.45, 2.75) is 64.1 Å². The highest BCUT2D eigenvalue weighted by Gasteiger charge is 2.34. The summed E-state index contributed by atoms with van der Waals surface area (Å²) in [7, 11) is 0. The Morgan fingerprint density at radius 2 is 1.94 bits per heavy atom. The van der Waals surface area contributed by atoms with Crippen LogP contribution in [0.3, 0.4) is 0 Å². The second-order valence-corrected chi connectivity index (χ2v) is 4.57. The molecular formula is C12H22O4. The molecule has 1 saturated carbocycles. The average Bonchev–Trinajstić information content (AvgIpc) is 2.29. The predicted molar refractivity (Wildman–Crippen MR) is 60.0 cm³/mol. The summed E-state index contributed by atoms with van der Waals surface area (Å²) < 4.78 is 5.62. The van der Waals surface area contributed by atoms with Crippen LogP contribution in [0.5, 0.6) is 0 Å². The van der Waals surface area contributed by atoms with E-state index in [-0.39, 0.29) is 5.78 Å². The molecule has 0 aromatic rings. The molecule has 0 amide bonds. The van der Waals surface area contributed by atoms with Crippen LogP contribution < -0.4 is 0 Å². The summed E-state index contributed by atoms with van der Waals surface area (Å²) in [4.78, 5) is 15.2. The van der Waals surface area contributed by atoms with Crippen molar-refractivity contribution < 1.29 is 19.7 Å².